The van der Waals surface area contributed by atoms with Crippen LogP contribution in [0.1, 0.15) is 44.2 Å². The Morgan fingerprint density at radius 1 is 1.62 bits per heavy atom. The summed E-state index contributed by atoms with van der Waals surface area (Å²) in [6.07, 6.45) is 7.42. The van der Waals surface area contributed by atoms with E-state index in [0.717, 1.165) is 25.8 Å². The molecule has 1 amide bonds. The van der Waals surface area contributed by atoms with Gasteiger partial charge in [-0.25, -0.2) is 0 Å². The van der Waals surface area contributed by atoms with Crippen LogP contribution < -0.4 is 0 Å². The topological polar surface area (TPSA) is 33.2 Å². The van der Waals surface area contributed by atoms with Gasteiger partial charge in [-0.1, -0.05) is 13.0 Å². The molecule has 0 spiro atoms. The van der Waals surface area contributed by atoms with Gasteiger partial charge in [0.2, 0.25) is 5.91 Å². The van der Waals surface area contributed by atoms with Gasteiger partial charge < -0.3 is 4.90 Å². The third-order valence-electron chi connectivity index (χ3n) is 3.11. The van der Waals surface area contributed by atoms with E-state index in [0.29, 0.717) is 6.42 Å². The number of carbonyl (C=O) groups is 1. The van der Waals surface area contributed by atoms with E-state index in [-0.39, 0.29) is 11.9 Å². The summed E-state index contributed by atoms with van der Waals surface area (Å²) < 4.78 is 0. The Bertz CT molecular complexity index is 350. The van der Waals surface area contributed by atoms with E-state index < -0.39 is 0 Å². The van der Waals surface area contributed by atoms with Crippen LogP contribution in [-0.2, 0) is 4.79 Å². The Morgan fingerprint density at radius 2 is 2.50 bits per heavy atom. The van der Waals surface area contributed by atoms with Crippen molar-refractivity contribution in [2.75, 3.05) is 6.54 Å². The molecule has 3 heteroatoms. The molecule has 2 rings (SSSR count). The molecule has 0 bridgehead atoms. The molecule has 0 aliphatic carbocycles. The largest absolute Gasteiger partial charge is 0.336 e. The zero-order valence-electron chi connectivity index (χ0n) is 9.72. The molecule has 0 N–H and O–H groups in total. The van der Waals surface area contributed by atoms with E-state index in [1.54, 1.807) is 6.20 Å². The molecule has 1 atom stereocenters. The van der Waals surface area contributed by atoms with Crippen molar-refractivity contribution in [3.63, 3.8) is 0 Å². The van der Waals surface area contributed by atoms with Crippen molar-refractivity contribution in [2.24, 2.45) is 0 Å². The van der Waals surface area contributed by atoms with Crippen molar-refractivity contribution in [1.29, 1.82) is 0 Å². The molecule has 1 aliphatic rings. The summed E-state index contributed by atoms with van der Waals surface area (Å²) in [6.45, 7) is 2.95. The SMILES string of the molecule is CCCC(=O)N1CCC[C@@H]1c1cccnc1. The monoisotopic (exact) mass is 218 g/mol. The molecular weight excluding hydrogens is 200 g/mol. The Kier molecular flexibility index (Phi) is 3.54. The first-order valence-corrected chi connectivity index (χ1v) is 6.02. The van der Waals surface area contributed by atoms with Crippen LogP contribution in [-0.4, -0.2) is 22.3 Å². The summed E-state index contributed by atoms with van der Waals surface area (Å²) in [5.41, 5.74) is 1.17. The predicted molar refractivity (Wildman–Crippen MR) is 62.8 cm³/mol. The van der Waals surface area contributed by atoms with E-state index in [1.807, 2.05) is 24.1 Å². The average molecular weight is 218 g/mol. The molecule has 16 heavy (non-hydrogen) atoms. The fourth-order valence-corrected chi connectivity index (χ4v) is 2.34. The number of carbonyl (C=O) groups excluding carboxylic acids is 1. The van der Waals surface area contributed by atoms with E-state index in [4.69, 9.17) is 0 Å². The van der Waals surface area contributed by atoms with Gasteiger partial charge in [-0.15, -0.1) is 0 Å². The molecule has 1 aromatic rings. The van der Waals surface area contributed by atoms with Gasteiger partial charge in [-0.2, -0.15) is 0 Å². The number of nitrogens with zero attached hydrogens (tertiary/aromatic N) is 2. The van der Waals surface area contributed by atoms with Crippen molar-refractivity contribution < 1.29 is 4.79 Å². The summed E-state index contributed by atoms with van der Waals surface area (Å²) >= 11 is 0. The van der Waals surface area contributed by atoms with Crippen molar-refractivity contribution >= 4 is 5.91 Å². The first-order chi connectivity index (χ1) is 7.83. The summed E-state index contributed by atoms with van der Waals surface area (Å²) in [5.74, 6) is 0.286. The van der Waals surface area contributed by atoms with Crippen LogP contribution in [0.2, 0.25) is 0 Å². The van der Waals surface area contributed by atoms with Crippen molar-refractivity contribution in [3.8, 4) is 0 Å². The van der Waals surface area contributed by atoms with Gasteiger partial charge in [-0.3, -0.25) is 9.78 Å². The third kappa shape index (κ3) is 2.23. The number of likely N-dealkylation sites (tertiary alicyclic amines) is 1. The van der Waals surface area contributed by atoms with Crippen LogP contribution in [0.3, 0.4) is 0 Å². The Labute approximate surface area is 96.5 Å². The normalized spacial score (nSPS) is 20.1. The van der Waals surface area contributed by atoms with Crippen molar-refractivity contribution in [2.45, 2.75) is 38.6 Å². The third-order valence-corrected chi connectivity index (χ3v) is 3.11. The summed E-state index contributed by atoms with van der Waals surface area (Å²) in [7, 11) is 0. The van der Waals surface area contributed by atoms with Crippen LogP contribution in [0, 0.1) is 0 Å². The second-order valence-corrected chi connectivity index (χ2v) is 4.28. The number of hydrogen-bond acceptors (Lipinski definition) is 2. The second kappa shape index (κ2) is 5.10. The van der Waals surface area contributed by atoms with Crippen molar-refractivity contribution in [3.05, 3.63) is 30.1 Å². The fraction of sp³-hybridized carbons (Fsp3) is 0.538. The van der Waals surface area contributed by atoms with E-state index in [9.17, 15) is 4.79 Å². The highest BCUT2D eigenvalue weighted by molar-refractivity contribution is 5.77. The second-order valence-electron chi connectivity index (χ2n) is 4.28. The molecule has 1 fully saturated rings. The van der Waals surface area contributed by atoms with E-state index in [2.05, 4.69) is 11.1 Å². The molecule has 0 saturated carbocycles. The maximum Gasteiger partial charge on any atom is 0.223 e. The van der Waals surface area contributed by atoms with Gasteiger partial charge in [0, 0.05) is 25.4 Å². The lowest BCUT2D eigenvalue weighted by Crippen LogP contribution is -2.30. The first kappa shape index (κ1) is 11.1. The molecule has 0 unspecified atom stereocenters. The number of hydrogen-bond donors (Lipinski definition) is 0. The summed E-state index contributed by atoms with van der Waals surface area (Å²) in [5, 5.41) is 0. The predicted octanol–water partition coefficient (Wildman–Crippen LogP) is 2.55. The lowest BCUT2D eigenvalue weighted by Gasteiger charge is -2.24. The molecule has 0 aromatic carbocycles. The lowest BCUT2D eigenvalue weighted by atomic mass is 10.1. The smallest absolute Gasteiger partial charge is 0.223 e. The van der Waals surface area contributed by atoms with E-state index >= 15 is 0 Å². The minimum atomic E-state index is 0.257. The van der Waals surface area contributed by atoms with Gasteiger partial charge in [0.1, 0.15) is 0 Å². The molecule has 0 radical (unpaired) electrons. The highest BCUT2D eigenvalue weighted by Crippen LogP contribution is 2.31. The number of rotatable bonds is 3. The Hall–Kier alpha value is -1.38. The van der Waals surface area contributed by atoms with Gasteiger partial charge in [0.05, 0.1) is 6.04 Å². The van der Waals surface area contributed by atoms with Crippen LogP contribution in [0.25, 0.3) is 0 Å². The first-order valence-electron chi connectivity index (χ1n) is 6.02. The standard InChI is InChI=1S/C13H18N2O/c1-2-5-13(16)15-9-4-7-12(15)11-6-3-8-14-10-11/h3,6,8,10,12H,2,4-5,7,9H2,1H3/t12-/m1/s1. The minimum Gasteiger partial charge on any atom is -0.336 e. The maximum absolute atomic E-state index is 11.9. The quantitative estimate of drug-likeness (QED) is 0.781. The Morgan fingerprint density at radius 3 is 3.19 bits per heavy atom. The highest BCUT2D eigenvalue weighted by atomic mass is 16.2. The number of pyridine rings is 1. The maximum atomic E-state index is 11.9. The molecule has 86 valence electrons. The minimum absolute atomic E-state index is 0.257. The van der Waals surface area contributed by atoms with Gasteiger partial charge >= 0.3 is 0 Å². The zero-order valence-corrected chi connectivity index (χ0v) is 9.72. The number of aromatic nitrogens is 1. The van der Waals surface area contributed by atoms with Gasteiger partial charge in [0.25, 0.3) is 0 Å². The zero-order chi connectivity index (χ0) is 11.4. The van der Waals surface area contributed by atoms with Crippen LogP contribution >= 0.6 is 0 Å². The van der Waals surface area contributed by atoms with Gasteiger partial charge in [0.15, 0.2) is 0 Å². The summed E-state index contributed by atoms with van der Waals surface area (Å²) in [6, 6.07) is 4.26. The highest BCUT2D eigenvalue weighted by Gasteiger charge is 2.29. The lowest BCUT2D eigenvalue weighted by molar-refractivity contribution is -0.132. The molecule has 1 aromatic heterocycles. The molecule has 1 saturated heterocycles. The fourth-order valence-electron chi connectivity index (χ4n) is 2.34. The van der Waals surface area contributed by atoms with Crippen LogP contribution in [0.4, 0.5) is 0 Å². The summed E-state index contributed by atoms with van der Waals surface area (Å²) in [4.78, 5) is 18.1. The average Bonchev–Trinajstić information content (AvgIpc) is 2.79. The van der Waals surface area contributed by atoms with Crippen molar-refractivity contribution in [1.82, 2.24) is 9.88 Å². The number of amides is 1. The van der Waals surface area contributed by atoms with Crippen LogP contribution in [0.5, 0.6) is 0 Å². The van der Waals surface area contributed by atoms with E-state index in [1.165, 1.54) is 5.56 Å². The molecule has 2 heterocycles. The molecule has 3 nitrogen and oxygen atoms in total. The molecule has 1 aliphatic heterocycles. The van der Waals surface area contributed by atoms with Gasteiger partial charge in [-0.05, 0) is 30.9 Å². The molecular formula is C13H18N2O. The van der Waals surface area contributed by atoms with Crippen LogP contribution in [0.15, 0.2) is 24.5 Å². The Balaban J connectivity index is 2.12.